The van der Waals surface area contributed by atoms with Gasteiger partial charge in [0.1, 0.15) is 0 Å². The predicted molar refractivity (Wildman–Crippen MR) is 92.5 cm³/mol. The number of hydrogen-bond acceptors (Lipinski definition) is 5. The molecular formula is C17H20N2O5S. The molecule has 0 fully saturated rings. The van der Waals surface area contributed by atoms with Crippen molar-refractivity contribution in [2.24, 2.45) is 7.05 Å². The number of aryl methyl sites for hydroxylation is 1. The minimum absolute atomic E-state index is 0.0880. The van der Waals surface area contributed by atoms with Crippen LogP contribution < -0.4 is 15.0 Å². The van der Waals surface area contributed by atoms with E-state index >= 15 is 0 Å². The third kappa shape index (κ3) is 3.14. The van der Waals surface area contributed by atoms with Crippen molar-refractivity contribution in [1.82, 2.24) is 8.87 Å². The molecule has 0 saturated carbocycles. The van der Waals surface area contributed by atoms with Gasteiger partial charge in [-0.3, -0.25) is 4.79 Å². The first-order chi connectivity index (χ1) is 11.9. The minimum atomic E-state index is -3.67. The molecule has 0 aliphatic carbocycles. The van der Waals surface area contributed by atoms with E-state index in [2.05, 4.69) is 0 Å². The van der Waals surface area contributed by atoms with Crippen LogP contribution in [0, 0.1) is 0 Å². The molecule has 0 bridgehead atoms. The number of rotatable bonds is 4. The van der Waals surface area contributed by atoms with Crippen LogP contribution in [0.15, 0.2) is 40.2 Å². The Kier molecular flexibility index (Phi) is 4.57. The van der Waals surface area contributed by atoms with E-state index in [4.69, 9.17) is 9.47 Å². The smallest absolute Gasteiger partial charge is 0.250 e. The maximum absolute atomic E-state index is 13.0. The molecule has 0 N–H and O–H groups in total. The van der Waals surface area contributed by atoms with Gasteiger partial charge in [0, 0.05) is 38.5 Å². The van der Waals surface area contributed by atoms with E-state index in [-0.39, 0.29) is 17.0 Å². The molecule has 2 aromatic rings. The number of pyridine rings is 1. The van der Waals surface area contributed by atoms with Crippen molar-refractivity contribution in [2.75, 3.05) is 20.8 Å². The maximum Gasteiger partial charge on any atom is 0.250 e. The normalized spacial score (nSPS) is 14.8. The molecule has 25 heavy (non-hydrogen) atoms. The van der Waals surface area contributed by atoms with Crippen LogP contribution in [0.25, 0.3) is 0 Å². The summed E-state index contributed by atoms with van der Waals surface area (Å²) in [6.45, 7) is 0.566. The second-order valence-corrected chi connectivity index (χ2v) is 7.82. The Hall–Kier alpha value is -2.32. The molecule has 134 valence electrons. The van der Waals surface area contributed by atoms with Crippen molar-refractivity contribution < 1.29 is 17.9 Å². The second kappa shape index (κ2) is 6.53. The highest BCUT2D eigenvalue weighted by Gasteiger charge is 2.29. The molecule has 1 aliphatic heterocycles. The highest BCUT2D eigenvalue weighted by Crippen LogP contribution is 2.32. The molecule has 0 spiro atoms. The van der Waals surface area contributed by atoms with Gasteiger partial charge in [0.2, 0.25) is 10.0 Å². The average molecular weight is 364 g/mol. The molecule has 0 radical (unpaired) electrons. The molecule has 0 unspecified atom stereocenters. The molecule has 1 aliphatic rings. The van der Waals surface area contributed by atoms with Crippen molar-refractivity contribution in [3.63, 3.8) is 0 Å². The summed E-state index contributed by atoms with van der Waals surface area (Å²) in [5.41, 5.74) is 1.66. The topological polar surface area (TPSA) is 77.8 Å². The summed E-state index contributed by atoms with van der Waals surface area (Å²) in [5, 5.41) is 0. The van der Waals surface area contributed by atoms with Gasteiger partial charge in [-0.25, -0.2) is 8.42 Å². The van der Waals surface area contributed by atoms with Crippen LogP contribution in [0.2, 0.25) is 0 Å². The van der Waals surface area contributed by atoms with Gasteiger partial charge in [-0.2, -0.15) is 4.31 Å². The molecule has 0 saturated heterocycles. The Morgan fingerprint density at radius 1 is 1.04 bits per heavy atom. The van der Waals surface area contributed by atoms with E-state index in [9.17, 15) is 13.2 Å². The lowest BCUT2D eigenvalue weighted by atomic mass is 10.0. The van der Waals surface area contributed by atoms with Crippen molar-refractivity contribution in [2.45, 2.75) is 17.9 Å². The minimum Gasteiger partial charge on any atom is -0.493 e. The number of aromatic nitrogens is 1. The van der Waals surface area contributed by atoms with E-state index in [0.29, 0.717) is 24.5 Å². The summed E-state index contributed by atoms with van der Waals surface area (Å²) in [4.78, 5) is 11.9. The Bertz CT molecular complexity index is 965. The highest BCUT2D eigenvalue weighted by atomic mass is 32.2. The third-order valence-electron chi connectivity index (χ3n) is 4.38. The van der Waals surface area contributed by atoms with Gasteiger partial charge >= 0.3 is 0 Å². The van der Waals surface area contributed by atoms with E-state index in [1.165, 1.54) is 35.2 Å². The van der Waals surface area contributed by atoms with Crippen LogP contribution in [0.5, 0.6) is 11.5 Å². The summed E-state index contributed by atoms with van der Waals surface area (Å²) < 4.78 is 39.2. The fourth-order valence-electron chi connectivity index (χ4n) is 2.94. The number of benzene rings is 1. The molecule has 2 heterocycles. The quantitative estimate of drug-likeness (QED) is 0.813. The summed E-state index contributed by atoms with van der Waals surface area (Å²) in [6, 6.07) is 6.13. The molecule has 1 aromatic carbocycles. The lowest BCUT2D eigenvalue weighted by Crippen LogP contribution is -2.37. The van der Waals surface area contributed by atoms with E-state index in [1.54, 1.807) is 25.4 Å². The first kappa shape index (κ1) is 17.5. The van der Waals surface area contributed by atoms with Crippen LogP contribution in [-0.4, -0.2) is 38.1 Å². The van der Waals surface area contributed by atoms with Gasteiger partial charge in [-0.1, -0.05) is 0 Å². The molecule has 3 rings (SSSR count). The van der Waals surface area contributed by atoms with E-state index in [0.717, 1.165) is 11.1 Å². The summed E-state index contributed by atoms with van der Waals surface area (Å²) in [5.74, 6) is 0.837. The molecular weight excluding hydrogens is 344 g/mol. The molecule has 1 aromatic heterocycles. The Balaban J connectivity index is 1.96. The predicted octanol–water partition coefficient (Wildman–Crippen LogP) is 1.15. The summed E-state index contributed by atoms with van der Waals surface area (Å²) >= 11 is 0. The Labute approximate surface area is 146 Å². The number of fused-ring (bicyclic) bond motifs is 1. The molecule has 8 heteroatoms. The fraction of sp³-hybridized carbons (Fsp3) is 0.353. The molecule has 0 amide bonds. The number of sulfonamides is 1. The SMILES string of the molecule is COc1ccc(S(=O)(=O)N2CCc3cc(=O)n(C)cc3C2)cc1OC. The van der Waals surface area contributed by atoms with Crippen LogP contribution in [-0.2, 0) is 30.0 Å². The standard InChI is InChI=1S/C17H20N2O5S/c1-18-10-13-11-19(7-6-12(13)8-17(18)20)25(21,22)14-4-5-15(23-2)16(9-14)24-3/h4-5,8-10H,6-7,11H2,1-3H3. The van der Waals surface area contributed by atoms with Crippen molar-refractivity contribution in [3.05, 3.63) is 51.9 Å². The Morgan fingerprint density at radius 2 is 1.76 bits per heavy atom. The largest absolute Gasteiger partial charge is 0.493 e. The number of nitrogens with zero attached hydrogens (tertiary/aromatic N) is 2. The zero-order valence-electron chi connectivity index (χ0n) is 14.4. The van der Waals surface area contributed by atoms with Gasteiger partial charge in [-0.05, 0) is 29.7 Å². The molecule has 7 nitrogen and oxygen atoms in total. The highest BCUT2D eigenvalue weighted by molar-refractivity contribution is 7.89. The number of ether oxygens (including phenoxy) is 2. The van der Waals surface area contributed by atoms with Gasteiger partial charge in [0.25, 0.3) is 5.56 Å². The van der Waals surface area contributed by atoms with Gasteiger partial charge in [0.05, 0.1) is 19.1 Å². The lowest BCUT2D eigenvalue weighted by molar-refractivity contribution is 0.353. The Morgan fingerprint density at radius 3 is 2.44 bits per heavy atom. The lowest BCUT2D eigenvalue weighted by Gasteiger charge is -2.28. The third-order valence-corrected chi connectivity index (χ3v) is 6.22. The molecule has 0 atom stereocenters. The van der Waals surface area contributed by atoms with Crippen LogP contribution in [0.4, 0.5) is 0 Å². The fourth-order valence-corrected chi connectivity index (χ4v) is 4.38. The second-order valence-electron chi connectivity index (χ2n) is 5.88. The van der Waals surface area contributed by atoms with Gasteiger partial charge < -0.3 is 14.0 Å². The first-order valence-corrected chi connectivity index (χ1v) is 9.21. The zero-order valence-corrected chi connectivity index (χ0v) is 15.2. The summed E-state index contributed by atoms with van der Waals surface area (Å²) in [6.07, 6.45) is 2.21. The summed E-state index contributed by atoms with van der Waals surface area (Å²) in [7, 11) is 0.944. The number of methoxy groups -OCH3 is 2. The monoisotopic (exact) mass is 364 g/mol. The van der Waals surface area contributed by atoms with Crippen molar-refractivity contribution >= 4 is 10.0 Å². The van der Waals surface area contributed by atoms with Crippen LogP contribution in [0.1, 0.15) is 11.1 Å². The van der Waals surface area contributed by atoms with Crippen LogP contribution in [0.3, 0.4) is 0 Å². The van der Waals surface area contributed by atoms with Crippen molar-refractivity contribution in [3.8, 4) is 11.5 Å². The van der Waals surface area contributed by atoms with Crippen LogP contribution >= 0.6 is 0 Å². The van der Waals surface area contributed by atoms with E-state index < -0.39 is 10.0 Å². The maximum atomic E-state index is 13.0. The van der Waals surface area contributed by atoms with E-state index in [1.807, 2.05) is 0 Å². The van der Waals surface area contributed by atoms with Crippen molar-refractivity contribution in [1.29, 1.82) is 0 Å². The first-order valence-electron chi connectivity index (χ1n) is 7.77. The van der Waals surface area contributed by atoms with Gasteiger partial charge in [0.15, 0.2) is 11.5 Å². The van der Waals surface area contributed by atoms with Gasteiger partial charge in [-0.15, -0.1) is 0 Å². The zero-order chi connectivity index (χ0) is 18.2. The number of hydrogen-bond donors (Lipinski definition) is 0. The average Bonchev–Trinajstić information content (AvgIpc) is 2.61.